The largest absolute Gasteiger partial charge is 0.530 e. The number of carboxylic acid groups (broad SMARTS) is 1. The van der Waals surface area contributed by atoms with Crippen molar-refractivity contribution in [3.05, 3.63) is 112 Å². The molecule has 5 rings (SSSR count). The Morgan fingerprint density at radius 1 is 0.950 bits per heavy atom. The Kier molecular flexibility index (Phi) is 8.53. The molecule has 206 valence electrons. The molecule has 0 aromatic heterocycles. The molecule has 4 aromatic rings. The van der Waals surface area contributed by atoms with Crippen LogP contribution in [0.5, 0.6) is 5.75 Å². The zero-order valence-corrected chi connectivity index (χ0v) is 22.8. The second kappa shape index (κ2) is 12.4. The van der Waals surface area contributed by atoms with Crippen molar-refractivity contribution in [1.29, 1.82) is 0 Å². The summed E-state index contributed by atoms with van der Waals surface area (Å²) in [5.41, 5.74) is 3.06. The molecular formula is C32H29ClNO6-. The molecule has 0 aliphatic carbocycles. The predicted molar refractivity (Wildman–Crippen MR) is 150 cm³/mol. The summed E-state index contributed by atoms with van der Waals surface area (Å²) < 4.78 is 17.5. The molecule has 4 aromatic carbocycles. The number of carbonyl (C=O) groups is 2. The molecule has 1 saturated heterocycles. The topological polar surface area (TPSA) is 88.1 Å². The average molecular weight is 559 g/mol. The van der Waals surface area contributed by atoms with Gasteiger partial charge in [-0.15, -0.1) is 0 Å². The van der Waals surface area contributed by atoms with Crippen LogP contribution in [0, 0.1) is 0 Å². The summed E-state index contributed by atoms with van der Waals surface area (Å²) >= 11 is 6.09. The number of nitrogens with zero attached hydrogens (tertiary/aromatic N) is 1. The highest BCUT2D eigenvalue weighted by atomic mass is 35.5. The Morgan fingerprint density at radius 2 is 1.70 bits per heavy atom. The minimum absolute atomic E-state index is 0.0261. The molecule has 0 bridgehead atoms. The molecule has 2 unspecified atom stereocenters. The zero-order chi connectivity index (χ0) is 28.1. The van der Waals surface area contributed by atoms with Gasteiger partial charge in [-0.05, 0) is 35.1 Å². The first-order valence-corrected chi connectivity index (χ1v) is 13.4. The minimum Gasteiger partial charge on any atom is -0.530 e. The van der Waals surface area contributed by atoms with Gasteiger partial charge in [0.2, 0.25) is 0 Å². The van der Waals surface area contributed by atoms with Gasteiger partial charge < -0.3 is 29.0 Å². The number of hydrogen-bond acceptors (Lipinski definition) is 6. The number of likely N-dealkylation sites (tertiary alicyclic amines) is 1. The highest BCUT2D eigenvalue weighted by Crippen LogP contribution is 2.34. The number of benzene rings is 4. The lowest BCUT2D eigenvalue weighted by Gasteiger charge is -2.40. The van der Waals surface area contributed by atoms with Crippen molar-refractivity contribution in [1.82, 2.24) is 4.90 Å². The summed E-state index contributed by atoms with van der Waals surface area (Å²) in [6, 6.07) is 26.5. The monoisotopic (exact) mass is 558 g/mol. The van der Waals surface area contributed by atoms with E-state index in [9.17, 15) is 14.7 Å². The third kappa shape index (κ3) is 6.06. The van der Waals surface area contributed by atoms with E-state index in [1.807, 2.05) is 60.7 Å². The van der Waals surface area contributed by atoms with Crippen LogP contribution in [0.1, 0.15) is 39.4 Å². The molecule has 2 atom stereocenters. The standard InChI is InChI=1S/C32H30ClNO6/c1-38-30-24(15-14-22-6-2-3-7-26(22)30)20-39-29-18-34(32(36)37)17-16-25(29)23-12-10-21(11-13-23)19-40-31(35)27-8-4-5-9-28(27)33/h2-15,25,29H,16-20H2,1H3,(H,36,37)/p-1. The maximum Gasteiger partial charge on any atom is 0.339 e. The number of methoxy groups -OCH3 is 1. The Morgan fingerprint density at radius 3 is 2.45 bits per heavy atom. The van der Waals surface area contributed by atoms with E-state index in [1.54, 1.807) is 31.4 Å². The van der Waals surface area contributed by atoms with Gasteiger partial charge in [0.25, 0.3) is 0 Å². The number of amides is 1. The van der Waals surface area contributed by atoms with Crippen LogP contribution in [0.25, 0.3) is 10.8 Å². The fourth-order valence-corrected chi connectivity index (χ4v) is 5.40. The first-order valence-electron chi connectivity index (χ1n) is 13.1. The lowest BCUT2D eigenvalue weighted by Crippen LogP contribution is -2.51. The molecule has 8 heteroatoms. The van der Waals surface area contributed by atoms with Crippen molar-refractivity contribution >= 4 is 34.4 Å². The van der Waals surface area contributed by atoms with Gasteiger partial charge in [-0.2, -0.15) is 0 Å². The van der Waals surface area contributed by atoms with E-state index in [0.29, 0.717) is 23.6 Å². The lowest BCUT2D eigenvalue weighted by atomic mass is 9.86. The molecule has 0 N–H and O–H groups in total. The van der Waals surface area contributed by atoms with Crippen molar-refractivity contribution in [3.63, 3.8) is 0 Å². The van der Waals surface area contributed by atoms with E-state index in [-0.39, 0.29) is 31.8 Å². The van der Waals surface area contributed by atoms with Crippen LogP contribution >= 0.6 is 11.6 Å². The van der Waals surface area contributed by atoms with Gasteiger partial charge in [-0.1, -0.05) is 84.4 Å². The number of carbonyl (C=O) groups excluding carboxylic acids is 2. The molecule has 0 radical (unpaired) electrons. The Bertz CT molecular complexity index is 1510. The van der Waals surface area contributed by atoms with Gasteiger partial charge in [-0.25, -0.2) is 4.79 Å². The number of ether oxygens (including phenoxy) is 3. The molecule has 1 fully saturated rings. The maximum absolute atomic E-state index is 12.4. The number of halogens is 1. The minimum atomic E-state index is -1.20. The fraction of sp³-hybridized carbons (Fsp3) is 0.250. The van der Waals surface area contributed by atoms with E-state index in [2.05, 4.69) is 0 Å². The quantitative estimate of drug-likeness (QED) is 0.262. The summed E-state index contributed by atoms with van der Waals surface area (Å²) in [7, 11) is 1.64. The Hall–Kier alpha value is -4.07. The van der Waals surface area contributed by atoms with Crippen LogP contribution in [0.2, 0.25) is 5.02 Å². The van der Waals surface area contributed by atoms with E-state index >= 15 is 0 Å². The summed E-state index contributed by atoms with van der Waals surface area (Å²) in [4.78, 5) is 25.3. The molecule has 0 spiro atoms. The summed E-state index contributed by atoms with van der Waals surface area (Å²) in [5.74, 6) is 0.238. The van der Waals surface area contributed by atoms with Crippen LogP contribution < -0.4 is 9.84 Å². The number of esters is 1. The first-order chi connectivity index (χ1) is 19.4. The van der Waals surface area contributed by atoms with Crippen LogP contribution in [0.4, 0.5) is 4.79 Å². The molecule has 1 aliphatic rings. The van der Waals surface area contributed by atoms with Crippen molar-refractivity contribution in [2.45, 2.75) is 31.7 Å². The van der Waals surface area contributed by atoms with Crippen LogP contribution in [-0.2, 0) is 22.7 Å². The molecule has 0 saturated carbocycles. The van der Waals surface area contributed by atoms with Crippen molar-refractivity contribution in [3.8, 4) is 5.75 Å². The number of fused-ring (bicyclic) bond motifs is 1. The van der Waals surface area contributed by atoms with Crippen LogP contribution in [-0.4, -0.2) is 43.3 Å². The zero-order valence-electron chi connectivity index (χ0n) is 22.0. The molecular weight excluding hydrogens is 530 g/mol. The van der Waals surface area contributed by atoms with Gasteiger partial charge in [0, 0.05) is 30.0 Å². The number of rotatable bonds is 8. The predicted octanol–water partition coefficient (Wildman–Crippen LogP) is 5.58. The smallest absolute Gasteiger partial charge is 0.339 e. The van der Waals surface area contributed by atoms with E-state index in [0.717, 1.165) is 33.2 Å². The number of piperidine rings is 1. The average Bonchev–Trinajstić information content (AvgIpc) is 2.98. The molecule has 7 nitrogen and oxygen atoms in total. The summed E-state index contributed by atoms with van der Waals surface area (Å²) in [6.07, 6.45) is -0.994. The third-order valence-electron chi connectivity index (χ3n) is 7.31. The molecule has 1 aliphatic heterocycles. The van der Waals surface area contributed by atoms with E-state index in [4.69, 9.17) is 25.8 Å². The van der Waals surface area contributed by atoms with Gasteiger partial charge >= 0.3 is 5.97 Å². The van der Waals surface area contributed by atoms with Crippen molar-refractivity contribution < 1.29 is 28.9 Å². The summed E-state index contributed by atoms with van der Waals surface area (Å²) in [6.45, 7) is 0.949. The maximum atomic E-state index is 12.4. The number of hydrogen-bond donors (Lipinski definition) is 0. The van der Waals surface area contributed by atoms with Crippen molar-refractivity contribution in [2.75, 3.05) is 20.2 Å². The highest BCUT2D eigenvalue weighted by Gasteiger charge is 2.31. The SMILES string of the molecule is COc1c(COC2CN(C(=O)[O-])CCC2c2ccc(COC(=O)c3ccccc3Cl)cc2)ccc2ccccc12. The normalized spacial score (nSPS) is 17.0. The second-order valence-corrected chi connectivity index (χ2v) is 10.1. The third-order valence-corrected chi connectivity index (χ3v) is 7.64. The highest BCUT2D eigenvalue weighted by molar-refractivity contribution is 6.33. The first kappa shape index (κ1) is 27.5. The van der Waals surface area contributed by atoms with Crippen molar-refractivity contribution in [2.24, 2.45) is 0 Å². The second-order valence-electron chi connectivity index (χ2n) is 9.73. The molecule has 1 amide bonds. The Labute approximate surface area is 237 Å². The fourth-order valence-electron chi connectivity index (χ4n) is 5.19. The van der Waals surface area contributed by atoms with Crippen LogP contribution in [0.15, 0.2) is 84.9 Å². The van der Waals surface area contributed by atoms with E-state index < -0.39 is 12.1 Å². The lowest BCUT2D eigenvalue weighted by molar-refractivity contribution is -0.268. The van der Waals surface area contributed by atoms with Gasteiger partial charge in [0.05, 0.1) is 30.4 Å². The molecule has 1 heterocycles. The van der Waals surface area contributed by atoms with Crippen LogP contribution in [0.3, 0.4) is 0 Å². The van der Waals surface area contributed by atoms with E-state index in [1.165, 1.54) is 4.90 Å². The van der Waals surface area contributed by atoms with Gasteiger partial charge in [0.15, 0.2) is 0 Å². The molecule has 40 heavy (non-hydrogen) atoms. The van der Waals surface area contributed by atoms with Gasteiger partial charge in [-0.3, -0.25) is 0 Å². The van der Waals surface area contributed by atoms with Gasteiger partial charge in [0.1, 0.15) is 18.4 Å². The Balaban J connectivity index is 1.29. The summed E-state index contributed by atoms with van der Waals surface area (Å²) in [5, 5.41) is 14.1.